The van der Waals surface area contributed by atoms with E-state index in [1.54, 1.807) is 0 Å². The predicted octanol–water partition coefficient (Wildman–Crippen LogP) is 2.82. The van der Waals surface area contributed by atoms with Crippen molar-refractivity contribution in [2.75, 3.05) is 0 Å². The molecule has 1 aromatic rings. The normalized spacial score (nSPS) is 16.0. The molecule has 84 valence electrons. The van der Waals surface area contributed by atoms with Crippen molar-refractivity contribution in [2.45, 2.75) is 32.4 Å². The van der Waals surface area contributed by atoms with Gasteiger partial charge in [-0.15, -0.1) is 0 Å². The Morgan fingerprint density at radius 2 is 1.88 bits per heavy atom. The van der Waals surface area contributed by atoms with Crippen LogP contribution in [0.15, 0.2) is 42.0 Å². The van der Waals surface area contributed by atoms with E-state index in [2.05, 4.69) is 31.3 Å². The molecule has 0 spiro atoms. The third kappa shape index (κ3) is 2.02. The lowest BCUT2D eigenvalue weighted by molar-refractivity contribution is -0.109. The molecule has 0 radical (unpaired) electrons. The Labute approximate surface area is 98.2 Å². The van der Waals surface area contributed by atoms with Crippen molar-refractivity contribution in [3.05, 3.63) is 42.0 Å². The van der Waals surface area contributed by atoms with Gasteiger partial charge in [-0.1, -0.05) is 54.7 Å². The monoisotopic (exact) mass is 230 g/mol. The van der Waals surface area contributed by atoms with Crippen molar-refractivity contribution in [1.82, 2.24) is 0 Å². The molecular formula is C14H18OSi. The third-order valence-electron chi connectivity index (χ3n) is 3.40. The maximum absolute atomic E-state index is 12.5. The van der Waals surface area contributed by atoms with Gasteiger partial charge in [0.2, 0.25) is 0 Å². The van der Waals surface area contributed by atoms with Crippen LogP contribution in [0.25, 0.3) is 0 Å². The Balaban J connectivity index is 2.28. The average Bonchev–Trinajstić information content (AvgIpc) is 2.82. The van der Waals surface area contributed by atoms with Crippen molar-refractivity contribution in [3.63, 3.8) is 0 Å². The maximum atomic E-state index is 12.5. The zero-order valence-corrected chi connectivity index (χ0v) is 11.0. The minimum atomic E-state index is -1.96. The lowest BCUT2D eigenvalue weighted by Gasteiger charge is -2.21. The fraction of sp³-hybridized carbons (Fsp3) is 0.357. The lowest BCUT2D eigenvalue weighted by atomic mass is 10.3. The molecule has 1 aromatic carbocycles. The Morgan fingerprint density at radius 3 is 2.44 bits per heavy atom. The molecule has 0 bridgehead atoms. The van der Waals surface area contributed by atoms with Gasteiger partial charge in [0.1, 0.15) is 5.41 Å². The van der Waals surface area contributed by atoms with Crippen molar-refractivity contribution in [1.29, 1.82) is 0 Å². The molecule has 0 atom stereocenters. The summed E-state index contributed by atoms with van der Waals surface area (Å²) in [6.07, 6.45) is 5.36. The van der Waals surface area contributed by atoms with Gasteiger partial charge < -0.3 is 4.79 Å². The van der Waals surface area contributed by atoms with Gasteiger partial charge in [-0.05, 0) is 24.8 Å². The molecule has 0 saturated heterocycles. The van der Waals surface area contributed by atoms with Crippen LogP contribution in [-0.2, 0) is 4.79 Å². The summed E-state index contributed by atoms with van der Waals surface area (Å²) in [7, 11) is -1.96. The van der Waals surface area contributed by atoms with Gasteiger partial charge in [0.15, 0.2) is 8.07 Å². The first kappa shape index (κ1) is 11.3. The summed E-state index contributed by atoms with van der Waals surface area (Å²) in [5.74, 6) is 0. The van der Waals surface area contributed by atoms with Crippen molar-refractivity contribution in [2.24, 2.45) is 0 Å². The minimum absolute atomic E-state index is 0.427. The van der Waals surface area contributed by atoms with Crippen LogP contribution in [-0.4, -0.2) is 13.5 Å². The highest BCUT2D eigenvalue weighted by molar-refractivity contribution is 7.14. The quantitative estimate of drug-likeness (QED) is 0.730. The van der Waals surface area contributed by atoms with Crippen LogP contribution >= 0.6 is 0 Å². The summed E-state index contributed by atoms with van der Waals surface area (Å²) in [4.78, 5) is 12.5. The summed E-state index contributed by atoms with van der Waals surface area (Å²) in [6, 6.07) is 10.3. The first-order valence-electron chi connectivity index (χ1n) is 5.92. The molecule has 0 saturated carbocycles. The molecule has 2 rings (SSSR count). The van der Waals surface area contributed by atoms with E-state index in [0.29, 0.717) is 5.41 Å². The third-order valence-corrected chi connectivity index (χ3v) is 6.63. The van der Waals surface area contributed by atoms with Crippen LogP contribution in [0.5, 0.6) is 0 Å². The molecule has 0 fully saturated rings. The molecule has 2 heteroatoms. The zero-order chi connectivity index (χ0) is 11.6. The van der Waals surface area contributed by atoms with E-state index in [1.807, 2.05) is 18.2 Å². The number of carbonyl (C=O) groups excluding carboxylic acids is 1. The number of hydrogen-bond acceptors (Lipinski definition) is 1. The van der Waals surface area contributed by atoms with E-state index in [4.69, 9.17) is 0 Å². The first-order valence-corrected chi connectivity index (χ1v) is 8.92. The lowest BCUT2D eigenvalue weighted by Crippen LogP contribution is -2.50. The Bertz CT molecular complexity index is 418. The standard InChI is InChI=1S/C14H18OSi/c1-16(2,13-10-4-3-5-11-13)14(15)12-8-6-7-9-12/h3-5,8,10-11H,6-7,9H2,1-2H3. The van der Waals surface area contributed by atoms with E-state index in [1.165, 1.54) is 5.19 Å². The second kappa shape index (κ2) is 4.38. The van der Waals surface area contributed by atoms with Gasteiger partial charge in [0, 0.05) is 0 Å². The van der Waals surface area contributed by atoms with Crippen LogP contribution in [0, 0.1) is 0 Å². The van der Waals surface area contributed by atoms with E-state index < -0.39 is 8.07 Å². The summed E-state index contributed by atoms with van der Waals surface area (Å²) >= 11 is 0. The number of benzene rings is 1. The van der Waals surface area contributed by atoms with Gasteiger partial charge in [0.25, 0.3) is 0 Å². The smallest absolute Gasteiger partial charge is 0.163 e. The summed E-state index contributed by atoms with van der Waals surface area (Å²) in [5, 5.41) is 1.67. The van der Waals surface area contributed by atoms with Crippen LogP contribution in [0.4, 0.5) is 0 Å². The summed E-state index contributed by atoms with van der Waals surface area (Å²) in [5.41, 5.74) is 1.08. The second-order valence-electron chi connectivity index (χ2n) is 4.94. The fourth-order valence-corrected chi connectivity index (χ4v) is 4.58. The van der Waals surface area contributed by atoms with Crippen LogP contribution in [0.1, 0.15) is 19.3 Å². The summed E-state index contributed by atoms with van der Waals surface area (Å²) < 4.78 is 0. The molecule has 0 heterocycles. The highest BCUT2D eigenvalue weighted by atomic mass is 28.3. The molecule has 1 aliphatic carbocycles. The number of rotatable bonds is 3. The second-order valence-corrected chi connectivity index (χ2v) is 9.22. The minimum Gasteiger partial charge on any atom is -0.300 e. The molecule has 0 unspecified atom stereocenters. The topological polar surface area (TPSA) is 17.1 Å². The Morgan fingerprint density at radius 1 is 1.19 bits per heavy atom. The van der Waals surface area contributed by atoms with Crippen molar-refractivity contribution in [3.8, 4) is 0 Å². The largest absolute Gasteiger partial charge is 0.300 e. The Kier molecular flexibility index (Phi) is 3.10. The maximum Gasteiger partial charge on any atom is 0.163 e. The van der Waals surface area contributed by atoms with Crippen LogP contribution in [0.2, 0.25) is 13.1 Å². The molecule has 0 aliphatic heterocycles. The zero-order valence-electron chi connectivity index (χ0n) is 9.99. The van der Waals surface area contributed by atoms with E-state index >= 15 is 0 Å². The van der Waals surface area contributed by atoms with E-state index in [0.717, 1.165) is 24.8 Å². The van der Waals surface area contributed by atoms with Crippen LogP contribution in [0.3, 0.4) is 0 Å². The molecular weight excluding hydrogens is 212 g/mol. The van der Waals surface area contributed by atoms with Gasteiger partial charge in [0.05, 0.1) is 0 Å². The van der Waals surface area contributed by atoms with Crippen molar-refractivity contribution < 1.29 is 4.79 Å². The predicted molar refractivity (Wildman–Crippen MR) is 70.5 cm³/mol. The molecule has 1 aliphatic rings. The number of hydrogen-bond donors (Lipinski definition) is 0. The van der Waals surface area contributed by atoms with Crippen molar-refractivity contribution >= 4 is 18.7 Å². The van der Waals surface area contributed by atoms with E-state index in [9.17, 15) is 4.79 Å². The number of allylic oxidation sites excluding steroid dienone is 2. The van der Waals surface area contributed by atoms with Gasteiger partial charge in [-0.3, -0.25) is 0 Å². The van der Waals surface area contributed by atoms with Gasteiger partial charge >= 0.3 is 0 Å². The molecule has 16 heavy (non-hydrogen) atoms. The van der Waals surface area contributed by atoms with E-state index in [-0.39, 0.29) is 0 Å². The SMILES string of the molecule is C[Si](C)(C(=O)C1=CCCC1)c1ccccc1. The van der Waals surface area contributed by atoms with Gasteiger partial charge in [-0.25, -0.2) is 0 Å². The molecule has 0 aromatic heterocycles. The van der Waals surface area contributed by atoms with Crippen LogP contribution < -0.4 is 5.19 Å². The highest BCUT2D eigenvalue weighted by Gasteiger charge is 2.34. The fourth-order valence-electron chi connectivity index (χ4n) is 2.26. The molecule has 1 nitrogen and oxygen atoms in total. The Hall–Kier alpha value is -1.15. The average molecular weight is 230 g/mol. The van der Waals surface area contributed by atoms with Gasteiger partial charge in [-0.2, -0.15) is 0 Å². The molecule has 0 amide bonds. The highest BCUT2D eigenvalue weighted by Crippen LogP contribution is 2.22. The molecule has 0 N–H and O–H groups in total. The first-order chi connectivity index (χ1) is 7.62. The summed E-state index contributed by atoms with van der Waals surface area (Å²) in [6.45, 7) is 4.31. The number of carbonyl (C=O) groups is 1.